The Labute approximate surface area is 869 Å². The van der Waals surface area contributed by atoms with Gasteiger partial charge >= 0.3 is 5.97 Å². The van der Waals surface area contributed by atoms with E-state index >= 15 is 0 Å². The smallest absolute Gasteiger partial charge is 0.303 e. The fourth-order valence-corrected chi connectivity index (χ4v) is 16.2. The number of oxazole rings is 7. The van der Waals surface area contributed by atoms with Crippen molar-refractivity contribution in [2.75, 3.05) is 25.0 Å². The van der Waals surface area contributed by atoms with E-state index in [-0.39, 0.29) is 31.1 Å². The first-order valence-electron chi connectivity index (χ1n) is 49.4. The molecule has 5 N–H and O–H groups in total. The number of aryl methyl sites for hydroxylation is 4. The van der Waals surface area contributed by atoms with Gasteiger partial charge in [0.2, 0.25) is 5.91 Å². The molecule has 0 saturated heterocycles. The summed E-state index contributed by atoms with van der Waals surface area (Å²) in [6, 6.07) is 140. The van der Waals surface area contributed by atoms with Gasteiger partial charge in [0.1, 0.15) is 45.6 Å². The highest BCUT2D eigenvalue weighted by Crippen LogP contribution is 2.41. The lowest BCUT2D eigenvalue weighted by Crippen LogP contribution is -2.22. The predicted octanol–water partition coefficient (Wildman–Crippen LogP) is 29.6. The molecule has 1 amide bonds. The molecule has 21 aromatic rings. The van der Waals surface area contributed by atoms with Gasteiger partial charge < -0.3 is 52.2 Å². The first kappa shape index (κ1) is 105. The van der Waals surface area contributed by atoms with Crippen molar-refractivity contribution in [1.29, 1.82) is 0 Å². The number of alkyl halides is 1. The number of amides is 1. The number of aliphatic hydroxyl groups is 1. The molecule has 0 aliphatic rings. The highest BCUT2D eigenvalue weighted by molar-refractivity contribution is 9.09. The second-order valence-electron chi connectivity index (χ2n) is 33.8. The number of Topliss-reactive ketones (excluding diaryl/α,β-unsaturated/α-hetero) is 1. The number of aromatic nitrogens is 7. The van der Waals surface area contributed by atoms with Crippen LogP contribution < -0.4 is 11.1 Å². The number of nitrogens with two attached hydrogens (primary N) is 1. The van der Waals surface area contributed by atoms with E-state index in [0.29, 0.717) is 86.8 Å². The summed E-state index contributed by atoms with van der Waals surface area (Å²) >= 11 is 3.43. The van der Waals surface area contributed by atoms with E-state index in [1.165, 1.54) is 6.92 Å². The Morgan fingerprint density at radius 2 is 0.453 bits per heavy atom. The van der Waals surface area contributed by atoms with Crippen molar-refractivity contribution in [2.45, 2.75) is 91.4 Å². The van der Waals surface area contributed by atoms with Crippen LogP contribution >= 0.6 is 15.9 Å². The average Bonchev–Trinajstić information content (AvgIpc) is 1.71. The third-order valence-electron chi connectivity index (χ3n) is 23.0. The van der Waals surface area contributed by atoms with Crippen LogP contribution in [0.4, 0.5) is 0 Å². The first-order valence-corrected chi connectivity index (χ1v) is 50.5. The van der Waals surface area contributed by atoms with Crippen LogP contribution in [0.25, 0.3) is 158 Å². The van der Waals surface area contributed by atoms with Gasteiger partial charge in [0, 0.05) is 161 Å². The number of hydrogen-bond donors (Lipinski definition) is 4. The topological polar surface area (TPSA) is 312 Å². The second kappa shape index (κ2) is 55.4. The van der Waals surface area contributed by atoms with Crippen molar-refractivity contribution in [3.63, 3.8) is 0 Å². The summed E-state index contributed by atoms with van der Waals surface area (Å²) < 4.78 is 41.5. The number of benzene rings is 14. The van der Waals surface area contributed by atoms with Gasteiger partial charge in [-0.3, -0.25) is 14.4 Å². The van der Waals surface area contributed by atoms with Crippen LogP contribution in [0.3, 0.4) is 0 Å². The van der Waals surface area contributed by atoms with Gasteiger partial charge in [-0.15, -0.1) is 0 Å². The van der Waals surface area contributed by atoms with E-state index in [4.69, 9.17) is 46.9 Å². The molecule has 0 aliphatic heterocycles. The Balaban J connectivity index is 0.000000129. The average molecular weight is 2030 g/mol. The molecule has 0 spiro atoms. The van der Waals surface area contributed by atoms with Crippen LogP contribution in [0.2, 0.25) is 0 Å². The van der Waals surface area contributed by atoms with Crippen LogP contribution in [-0.2, 0) is 59.3 Å². The number of carboxylic acid groups (broad SMARTS) is 1. The third-order valence-corrected chi connectivity index (χ3v) is 23.4. The van der Waals surface area contributed by atoms with Crippen molar-refractivity contribution in [3.8, 4) is 158 Å². The zero-order chi connectivity index (χ0) is 103. The van der Waals surface area contributed by atoms with Crippen LogP contribution in [-0.4, -0.2) is 87.8 Å². The number of rotatable bonds is 32. The molecular weight excluding hydrogens is 1910 g/mol. The Bertz CT molecular complexity index is 6660. The Kier molecular flexibility index (Phi) is 39.3. The minimum absolute atomic E-state index is 0.00295. The molecule has 22 heteroatoms. The van der Waals surface area contributed by atoms with Crippen LogP contribution in [0.1, 0.15) is 87.7 Å². The van der Waals surface area contributed by atoms with Gasteiger partial charge in [-0.2, -0.15) is 0 Å². The highest BCUT2D eigenvalue weighted by Gasteiger charge is 2.25. The zero-order valence-electron chi connectivity index (χ0n) is 82.6. The molecule has 0 atom stereocenters. The summed E-state index contributed by atoms with van der Waals surface area (Å²) in [5.41, 5.74) is 25.8. The molecule has 0 aliphatic carbocycles. The summed E-state index contributed by atoms with van der Waals surface area (Å²) in [7, 11) is 0. The van der Waals surface area contributed by atoms with Crippen LogP contribution in [0, 0.1) is 0 Å². The molecule has 21 nitrogen and oxygen atoms in total. The molecule has 0 unspecified atom stereocenters. The number of nitrogens with one attached hydrogen (secondary N) is 1. The summed E-state index contributed by atoms with van der Waals surface area (Å²) in [5, 5.41) is 21.5. The summed E-state index contributed by atoms with van der Waals surface area (Å²) in [6.07, 6.45) is 6.16. The van der Waals surface area contributed by atoms with Gasteiger partial charge in [-0.05, 0) is 6.42 Å². The van der Waals surface area contributed by atoms with E-state index in [1.807, 2.05) is 395 Å². The summed E-state index contributed by atoms with van der Waals surface area (Å²) in [4.78, 5) is 65.5. The highest BCUT2D eigenvalue weighted by atomic mass is 79.9. The summed E-state index contributed by atoms with van der Waals surface area (Å²) in [6.45, 7) is 6.59. The molecule has 7 aromatic heterocycles. The van der Waals surface area contributed by atoms with E-state index < -0.39 is 5.97 Å². The molecule has 742 valence electrons. The number of hydrogen-bond acceptors (Lipinski definition) is 19. The SMILES string of the molecule is BrCCc1nc(-c2ccccc2)c(-c2ccccc2)o1.CC(=O)NCCc1nc(-c2ccccc2)c(-c2ccccc2)o1.CCC(=O)CCc1nc(-c2ccccc2)c(-c2ccccc2)o1.CCCc1nc(-c2ccccc2)c(-c2ccccc2)o1.NCCc1nc(-c2ccccc2)c(-c2ccccc2)o1.O=C(O)CCc1nc(-c2ccccc2)c(-c2ccccc2)o1.OCCc1nc(-c2ccccc2)c(-c2ccccc2)o1. The fourth-order valence-electron chi connectivity index (χ4n) is 15.8. The summed E-state index contributed by atoms with van der Waals surface area (Å²) in [5.74, 6) is 9.27. The fraction of sp³-hybridized carbons (Fsp3) is 0.143. The minimum atomic E-state index is -0.860. The molecule has 148 heavy (non-hydrogen) atoms. The van der Waals surface area contributed by atoms with Crippen LogP contribution in [0.15, 0.2) is 456 Å². The lowest BCUT2D eigenvalue weighted by molar-refractivity contribution is -0.137. The van der Waals surface area contributed by atoms with Crippen LogP contribution in [0.5, 0.6) is 0 Å². The Morgan fingerprint density at radius 3 is 0.642 bits per heavy atom. The number of carboxylic acids is 1. The third kappa shape index (κ3) is 29.9. The number of ketones is 1. The molecular formula is C126H114BrN9O12. The maximum Gasteiger partial charge on any atom is 0.303 e. The normalized spacial score (nSPS) is 10.6. The molecule has 0 fully saturated rings. The molecule has 0 radical (unpaired) electrons. The van der Waals surface area contributed by atoms with Crippen molar-refractivity contribution in [2.24, 2.45) is 5.73 Å². The maximum atomic E-state index is 11.5. The molecule has 0 saturated carbocycles. The van der Waals surface area contributed by atoms with Gasteiger partial charge in [-0.25, -0.2) is 34.9 Å². The lowest BCUT2D eigenvalue weighted by atomic mass is 10.1. The standard InChI is InChI=1S/C20H19NO2.C19H18N2O2.C18H15NO3.C18H17NO.C17H14BrNO.C17H16N2O.C17H15NO2/c1-2-17(22)13-14-18-21-19(15-9-5-3-6-10-15)20(23-18)16-11-7-4-8-12-16;1-14(22)20-13-12-17-21-18(15-8-4-2-5-9-15)19(23-17)16-10-6-3-7-11-16;20-16(21)12-11-15-19-17(13-7-3-1-4-8-13)18(22-15)14-9-5-2-6-10-14;1-2-9-16-19-17(14-10-5-3-6-11-14)18(20-16)15-12-7-4-8-13-15;2*18-12-11-15-19-16(13-7-3-1-4-8-13)17(20-15)14-9-5-2-6-10-14;19-12-11-15-18-16(13-7-3-1-4-8-13)17(20-15)14-9-5-2-6-10-14/h3-12H,2,13-14H2,1H3;2-11H,12-13H2,1H3,(H,20,22);1-10H,11-12H2,(H,20,21);3-8,10-13H,2,9H2,1H3;1-10H,11-12H2;1-10H,11-12,18H2;1-10,19H,11-12H2. The molecule has 0 bridgehead atoms. The largest absolute Gasteiger partial charge is 0.481 e. The van der Waals surface area contributed by atoms with Gasteiger partial charge in [0.15, 0.2) is 81.6 Å². The molecule has 7 heterocycles. The number of carbonyl (C=O) groups excluding carboxylic acids is 2. The van der Waals surface area contributed by atoms with Crippen molar-refractivity contribution in [3.05, 3.63) is 466 Å². The number of carbonyl (C=O) groups is 3. The van der Waals surface area contributed by atoms with Crippen molar-refractivity contribution < 1.29 is 55.5 Å². The van der Waals surface area contributed by atoms with Crippen molar-refractivity contribution in [1.82, 2.24) is 40.2 Å². The second-order valence-corrected chi connectivity index (χ2v) is 34.6. The van der Waals surface area contributed by atoms with E-state index in [1.54, 1.807) is 0 Å². The molecule has 14 aromatic carbocycles. The van der Waals surface area contributed by atoms with E-state index in [9.17, 15) is 14.4 Å². The van der Waals surface area contributed by atoms with E-state index in [0.717, 1.165) is 189 Å². The minimum Gasteiger partial charge on any atom is -0.481 e. The van der Waals surface area contributed by atoms with E-state index in [2.05, 4.69) is 99.5 Å². The molecule has 21 rings (SSSR count). The number of aliphatic hydroxyl groups excluding tert-OH is 1. The maximum absolute atomic E-state index is 11.5. The Hall–Kier alpha value is -17.4. The lowest BCUT2D eigenvalue weighted by Gasteiger charge is -2.00. The number of aliphatic carboxylic acids is 1. The van der Waals surface area contributed by atoms with Gasteiger partial charge in [0.25, 0.3) is 0 Å². The van der Waals surface area contributed by atoms with Crippen molar-refractivity contribution >= 4 is 33.6 Å². The zero-order valence-corrected chi connectivity index (χ0v) is 84.2. The quantitative estimate of drug-likeness (QED) is 0.0285. The van der Waals surface area contributed by atoms with Gasteiger partial charge in [0.05, 0.1) is 13.0 Å². The monoisotopic (exact) mass is 2020 g/mol. The predicted molar refractivity (Wildman–Crippen MR) is 589 cm³/mol. The number of nitrogens with zero attached hydrogens (tertiary/aromatic N) is 7. The first-order chi connectivity index (χ1) is 72.8. The Morgan fingerprint density at radius 1 is 0.264 bits per heavy atom. The van der Waals surface area contributed by atoms with Gasteiger partial charge in [-0.1, -0.05) is 454 Å². The number of halogens is 1.